The van der Waals surface area contributed by atoms with Gasteiger partial charge in [0, 0.05) is 38.2 Å². The lowest BCUT2D eigenvalue weighted by molar-refractivity contribution is 0.0389. The molecule has 1 saturated heterocycles. The second-order valence-corrected chi connectivity index (χ2v) is 6.16. The molecule has 1 unspecified atom stereocenters. The van der Waals surface area contributed by atoms with E-state index in [9.17, 15) is 0 Å². The van der Waals surface area contributed by atoms with Crippen molar-refractivity contribution in [2.75, 3.05) is 53.0 Å². The molecule has 1 heterocycles. The van der Waals surface area contributed by atoms with E-state index in [2.05, 4.69) is 20.5 Å². The van der Waals surface area contributed by atoms with E-state index in [0.29, 0.717) is 11.6 Å². The van der Waals surface area contributed by atoms with Gasteiger partial charge < -0.3 is 20.1 Å². The molecule has 1 fully saturated rings. The molecule has 0 aromatic heterocycles. The lowest BCUT2D eigenvalue weighted by atomic mass is 10.3. The van der Waals surface area contributed by atoms with Crippen LogP contribution in [0.1, 0.15) is 6.92 Å². The van der Waals surface area contributed by atoms with Gasteiger partial charge in [-0.15, -0.1) is 24.0 Å². The van der Waals surface area contributed by atoms with Gasteiger partial charge in [0.15, 0.2) is 5.96 Å². The first kappa shape index (κ1) is 22.3. The maximum atomic E-state index is 5.96. The second-order valence-electron chi connectivity index (χ2n) is 5.72. The fraction of sp³-hybridized carbons (Fsp3) is 0.588. The average molecular weight is 483 g/mol. The van der Waals surface area contributed by atoms with Gasteiger partial charge in [-0.2, -0.15) is 0 Å². The number of rotatable bonds is 7. The van der Waals surface area contributed by atoms with Crippen LogP contribution in [0.25, 0.3) is 0 Å². The molecule has 1 aliphatic heterocycles. The predicted molar refractivity (Wildman–Crippen MR) is 114 cm³/mol. The largest absolute Gasteiger partial charge is 0.489 e. The van der Waals surface area contributed by atoms with E-state index in [1.807, 2.05) is 31.2 Å². The maximum Gasteiger partial charge on any atom is 0.191 e. The van der Waals surface area contributed by atoms with Crippen molar-refractivity contribution in [1.82, 2.24) is 15.5 Å². The molecule has 0 radical (unpaired) electrons. The Bertz CT molecular complexity index is 527. The first-order valence-corrected chi connectivity index (χ1v) is 8.72. The summed E-state index contributed by atoms with van der Waals surface area (Å²) in [5.74, 6) is 1.55. The SMILES string of the molecule is CN=C(NCCN1CCOCC1)NCC(C)Oc1cccc(Cl)c1.I. The van der Waals surface area contributed by atoms with Gasteiger partial charge in [-0.1, -0.05) is 17.7 Å². The van der Waals surface area contributed by atoms with Crippen LogP contribution in [-0.2, 0) is 4.74 Å². The Morgan fingerprint density at radius 3 is 2.80 bits per heavy atom. The standard InChI is InChI=1S/C17H27ClN4O2.HI/c1-14(24-16-5-3-4-15(18)12-16)13-21-17(19-2)20-6-7-22-8-10-23-11-9-22;/h3-5,12,14H,6-11,13H2,1-2H3,(H2,19,20,21);1H. The van der Waals surface area contributed by atoms with Crippen LogP contribution in [0, 0.1) is 0 Å². The van der Waals surface area contributed by atoms with Crippen LogP contribution in [0.5, 0.6) is 5.75 Å². The number of halogens is 2. The zero-order valence-electron chi connectivity index (χ0n) is 14.8. The monoisotopic (exact) mass is 482 g/mol. The molecule has 0 amide bonds. The zero-order valence-corrected chi connectivity index (χ0v) is 17.9. The number of nitrogens with one attached hydrogen (secondary N) is 2. The highest BCUT2D eigenvalue weighted by Gasteiger charge is 2.10. The summed E-state index contributed by atoms with van der Waals surface area (Å²) in [4.78, 5) is 6.62. The summed E-state index contributed by atoms with van der Waals surface area (Å²) in [5, 5.41) is 7.28. The minimum atomic E-state index is 0. The van der Waals surface area contributed by atoms with E-state index in [4.69, 9.17) is 21.1 Å². The third kappa shape index (κ3) is 8.94. The fourth-order valence-corrected chi connectivity index (χ4v) is 2.61. The van der Waals surface area contributed by atoms with Gasteiger partial charge in [-0.3, -0.25) is 9.89 Å². The highest BCUT2D eigenvalue weighted by molar-refractivity contribution is 14.0. The highest BCUT2D eigenvalue weighted by Crippen LogP contribution is 2.18. The zero-order chi connectivity index (χ0) is 17.2. The summed E-state index contributed by atoms with van der Waals surface area (Å²) in [7, 11) is 1.77. The van der Waals surface area contributed by atoms with Gasteiger partial charge in [0.05, 0.1) is 19.8 Å². The van der Waals surface area contributed by atoms with Crippen LogP contribution in [0.3, 0.4) is 0 Å². The van der Waals surface area contributed by atoms with Crippen molar-refractivity contribution in [2.24, 2.45) is 4.99 Å². The molecule has 0 aliphatic carbocycles. The second kappa shape index (κ2) is 12.6. The van der Waals surface area contributed by atoms with Crippen LogP contribution >= 0.6 is 35.6 Å². The van der Waals surface area contributed by atoms with Gasteiger partial charge in [0.25, 0.3) is 0 Å². The molecule has 1 aromatic carbocycles. The van der Waals surface area contributed by atoms with Crippen molar-refractivity contribution in [2.45, 2.75) is 13.0 Å². The first-order valence-electron chi connectivity index (χ1n) is 8.34. The minimum absolute atomic E-state index is 0. The van der Waals surface area contributed by atoms with Gasteiger partial charge in [-0.05, 0) is 25.1 Å². The Hall–Kier alpha value is -0.770. The van der Waals surface area contributed by atoms with Crippen molar-refractivity contribution >= 4 is 41.5 Å². The molecule has 6 nitrogen and oxygen atoms in total. The third-order valence-corrected chi connectivity index (χ3v) is 3.97. The van der Waals surface area contributed by atoms with E-state index in [0.717, 1.165) is 51.1 Å². The molecule has 25 heavy (non-hydrogen) atoms. The Kier molecular flexibility index (Phi) is 11.2. The van der Waals surface area contributed by atoms with E-state index in [1.54, 1.807) is 7.05 Å². The molecule has 0 bridgehead atoms. The highest BCUT2D eigenvalue weighted by atomic mass is 127. The van der Waals surface area contributed by atoms with E-state index < -0.39 is 0 Å². The van der Waals surface area contributed by atoms with E-state index in [-0.39, 0.29) is 30.1 Å². The van der Waals surface area contributed by atoms with Gasteiger partial charge in [0.2, 0.25) is 0 Å². The number of ether oxygens (including phenoxy) is 2. The molecule has 1 aromatic rings. The van der Waals surface area contributed by atoms with Gasteiger partial charge >= 0.3 is 0 Å². The van der Waals surface area contributed by atoms with Crippen LogP contribution in [-0.4, -0.2) is 69.9 Å². The lowest BCUT2D eigenvalue weighted by Gasteiger charge is -2.26. The molecule has 142 valence electrons. The van der Waals surface area contributed by atoms with E-state index >= 15 is 0 Å². The number of nitrogens with zero attached hydrogens (tertiary/aromatic N) is 2. The molecule has 8 heteroatoms. The fourth-order valence-electron chi connectivity index (χ4n) is 2.43. The Morgan fingerprint density at radius 1 is 1.36 bits per heavy atom. The van der Waals surface area contributed by atoms with Crippen molar-refractivity contribution in [3.05, 3.63) is 29.3 Å². The predicted octanol–water partition coefficient (Wildman–Crippen LogP) is 2.22. The lowest BCUT2D eigenvalue weighted by Crippen LogP contribution is -2.46. The molecule has 1 aliphatic rings. The first-order chi connectivity index (χ1) is 11.7. The molecular formula is C17H28ClIN4O2. The number of benzene rings is 1. The van der Waals surface area contributed by atoms with Crippen molar-refractivity contribution in [3.63, 3.8) is 0 Å². The van der Waals surface area contributed by atoms with E-state index in [1.165, 1.54) is 0 Å². The minimum Gasteiger partial charge on any atom is -0.489 e. The molecule has 2 N–H and O–H groups in total. The summed E-state index contributed by atoms with van der Waals surface area (Å²) in [5.41, 5.74) is 0. The molecule has 1 atom stereocenters. The Balaban J connectivity index is 0.00000312. The normalized spacial score (nSPS) is 16.7. The molecule has 0 spiro atoms. The van der Waals surface area contributed by atoms with Crippen molar-refractivity contribution < 1.29 is 9.47 Å². The summed E-state index contributed by atoms with van der Waals surface area (Å²) >= 11 is 5.96. The van der Waals surface area contributed by atoms with Crippen LogP contribution in [0.15, 0.2) is 29.3 Å². The third-order valence-electron chi connectivity index (χ3n) is 3.74. The van der Waals surface area contributed by atoms with Crippen LogP contribution < -0.4 is 15.4 Å². The number of hydrogen-bond donors (Lipinski definition) is 2. The Labute approximate surface area is 172 Å². The van der Waals surface area contributed by atoms with Gasteiger partial charge in [0.1, 0.15) is 11.9 Å². The van der Waals surface area contributed by atoms with Gasteiger partial charge in [-0.25, -0.2) is 0 Å². The quantitative estimate of drug-likeness (QED) is 0.355. The van der Waals surface area contributed by atoms with Crippen molar-refractivity contribution in [3.8, 4) is 5.75 Å². The number of aliphatic imine (C=N–C) groups is 1. The number of morpholine rings is 1. The number of hydrogen-bond acceptors (Lipinski definition) is 4. The molecular weight excluding hydrogens is 455 g/mol. The molecule has 2 rings (SSSR count). The summed E-state index contributed by atoms with van der Waals surface area (Å²) in [6.45, 7) is 8.15. The van der Waals surface area contributed by atoms with Crippen molar-refractivity contribution in [1.29, 1.82) is 0 Å². The summed E-state index contributed by atoms with van der Waals surface area (Å²) < 4.78 is 11.2. The summed E-state index contributed by atoms with van der Waals surface area (Å²) in [6.07, 6.45) is 0.00117. The number of guanidine groups is 1. The molecule has 0 saturated carbocycles. The average Bonchev–Trinajstić information content (AvgIpc) is 2.59. The van der Waals surface area contributed by atoms with Crippen LogP contribution in [0.4, 0.5) is 0 Å². The summed E-state index contributed by atoms with van der Waals surface area (Å²) in [6, 6.07) is 7.42. The smallest absolute Gasteiger partial charge is 0.191 e. The van der Waals surface area contributed by atoms with Crippen LogP contribution in [0.2, 0.25) is 5.02 Å². The Morgan fingerprint density at radius 2 is 2.12 bits per heavy atom. The topological polar surface area (TPSA) is 58.1 Å². The maximum absolute atomic E-state index is 5.96.